The Morgan fingerprint density at radius 3 is 2.36 bits per heavy atom. The second kappa shape index (κ2) is 8.30. The van der Waals surface area contributed by atoms with Gasteiger partial charge < -0.3 is 15.4 Å². The number of aromatic nitrogens is 2. The van der Waals surface area contributed by atoms with E-state index in [1.165, 1.54) is 19.5 Å². The molecule has 0 atom stereocenters. The smallest absolute Gasteiger partial charge is 0.339 e. The largest absolute Gasteiger partial charge is 0.465 e. The van der Waals surface area contributed by atoms with E-state index in [1.54, 1.807) is 24.3 Å². The molecule has 0 fully saturated rings. The quantitative estimate of drug-likeness (QED) is 0.657. The summed E-state index contributed by atoms with van der Waals surface area (Å²) in [5.41, 5.74) is 4.17. The van der Waals surface area contributed by atoms with E-state index in [2.05, 4.69) is 20.6 Å². The summed E-state index contributed by atoms with van der Waals surface area (Å²) in [5, 5.41) is 5.79. The molecule has 0 aliphatic carbocycles. The number of nitrogens with zero attached hydrogens (tertiary/aromatic N) is 2. The van der Waals surface area contributed by atoms with E-state index < -0.39 is 5.97 Å². The van der Waals surface area contributed by atoms with Crippen molar-refractivity contribution in [3.8, 4) is 0 Å². The predicted molar refractivity (Wildman–Crippen MR) is 107 cm³/mol. The van der Waals surface area contributed by atoms with Crippen molar-refractivity contribution in [2.75, 3.05) is 17.7 Å². The number of nitrogens with one attached hydrogen (secondary N) is 2. The molecule has 3 aromatic rings. The molecule has 7 heteroatoms. The van der Waals surface area contributed by atoms with E-state index in [0.717, 1.165) is 11.1 Å². The van der Waals surface area contributed by atoms with Crippen molar-refractivity contribution in [3.05, 3.63) is 77.1 Å². The highest BCUT2D eigenvalue weighted by Crippen LogP contribution is 2.20. The highest BCUT2D eigenvalue weighted by atomic mass is 16.5. The Morgan fingerprint density at radius 1 is 0.964 bits per heavy atom. The molecule has 142 valence electrons. The van der Waals surface area contributed by atoms with Crippen LogP contribution in [0.4, 0.5) is 17.3 Å². The number of esters is 1. The van der Waals surface area contributed by atoms with Crippen molar-refractivity contribution in [2.24, 2.45) is 0 Å². The first kappa shape index (κ1) is 19.0. The van der Waals surface area contributed by atoms with Crippen molar-refractivity contribution in [3.63, 3.8) is 0 Å². The molecular formula is C21H20N4O3. The third kappa shape index (κ3) is 4.32. The number of hydrogen-bond acceptors (Lipinski definition) is 6. The molecule has 28 heavy (non-hydrogen) atoms. The number of anilines is 3. The third-order valence-electron chi connectivity index (χ3n) is 4.26. The number of methoxy groups -OCH3 is 1. The standard InChI is InChI=1S/C21H20N4O3/c1-13-8-9-16(10-14(13)2)24-19(26)15-11-22-21(23-12-15)25-18-7-5-4-6-17(18)20(27)28-3/h4-12H,1-3H3,(H,24,26)(H,22,23,25). The first-order valence-electron chi connectivity index (χ1n) is 8.63. The summed E-state index contributed by atoms with van der Waals surface area (Å²) in [6.07, 6.45) is 2.85. The number of rotatable bonds is 5. The van der Waals surface area contributed by atoms with Gasteiger partial charge >= 0.3 is 5.97 Å². The minimum Gasteiger partial charge on any atom is -0.465 e. The summed E-state index contributed by atoms with van der Waals surface area (Å²) in [7, 11) is 1.32. The Labute approximate surface area is 162 Å². The van der Waals surface area contributed by atoms with Gasteiger partial charge in [0.05, 0.1) is 23.9 Å². The van der Waals surface area contributed by atoms with E-state index >= 15 is 0 Å². The molecule has 0 spiro atoms. The minimum atomic E-state index is -0.465. The molecule has 0 radical (unpaired) electrons. The lowest BCUT2D eigenvalue weighted by atomic mass is 10.1. The number of carbonyl (C=O) groups is 2. The van der Waals surface area contributed by atoms with Crippen LogP contribution in [0.25, 0.3) is 0 Å². The molecule has 3 rings (SSSR count). The van der Waals surface area contributed by atoms with Gasteiger partial charge in [0.1, 0.15) is 0 Å². The van der Waals surface area contributed by atoms with E-state index in [9.17, 15) is 9.59 Å². The molecule has 1 aromatic heterocycles. The summed E-state index contributed by atoms with van der Waals surface area (Å²) in [4.78, 5) is 32.5. The van der Waals surface area contributed by atoms with Gasteiger partial charge in [-0.3, -0.25) is 4.79 Å². The number of para-hydroxylation sites is 1. The van der Waals surface area contributed by atoms with Gasteiger partial charge in [-0.15, -0.1) is 0 Å². The van der Waals surface area contributed by atoms with E-state index in [1.807, 2.05) is 32.0 Å². The average Bonchev–Trinajstić information content (AvgIpc) is 2.71. The zero-order chi connectivity index (χ0) is 20.1. The zero-order valence-electron chi connectivity index (χ0n) is 15.8. The Kier molecular flexibility index (Phi) is 5.64. The molecule has 0 unspecified atom stereocenters. The van der Waals surface area contributed by atoms with Gasteiger partial charge in [-0.1, -0.05) is 18.2 Å². The molecule has 0 saturated heterocycles. The summed E-state index contributed by atoms with van der Waals surface area (Å²) in [5.74, 6) is -0.503. The topological polar surface area (TPSA) is 93.2 Å². The lowest BCUT2D eigenvalue weighted by molar-refractivity contribution is 0.0601. The maximum atomic E-state index is 12.4. The van der Waals surface area contributed by atoms with Crippen LogP contribution in [0.1, 0.15) is 31.8 Å². The first-order valence-corrected chi connectivity index (χ1v) is 8.63. The molecule has 0 aliphatic rings. The second-order valence-electron chi connectivity index (χ2n) is 6.21. The third-order valence-corrected chi connectivity index (χ3v) is 4.26. The number of aryl methyl sites for hydroxylation is 2. The number of carbonyl (C=O) groups excluding carboxylic acids is 2. The van der Waals surface area contributed by atoms with Crippen LogP contribution in [0.3, 0.4) is 0 Å². The van der Waals surface area contributed by atoms with Gasteiger partial charge in [0.2, 0.25) is 5.95 Å². The number of hydrogen-bond donors (Lipinski definition) is 2. The highest BCUT2D eigenvalue weighted by Gasteiger charge is 2.13. The monoisotopic (exact) mass is 376 g/mol. The normalized spacial score (nSPS) is 10.2. The van der Waals surface area contributed by atoms with E-state index in [-0.39, 0.29) is 11.9 Å². The summed E-state index contributed by atoms with van der Waals surface area (Å²) in [6, 6.07) is 12.6. The van der Waals surface area contributed by atoms with Gasteiger partial charge in [-0.2, -0.15) is 0 Å². The van der Waals surface area contributed by atoms with Gasteiger partial charge in [0.15, 0.2) is 0 Å². The Bertz CT molecular complexity index is 1020. The predicted octanol–water partition coefficient (Wildman–Crippen LogP) is 3.88. The van der Waals surface area contributed by atoms with Gasteiger partial charge in [0, 0.05) is 18.1 Å². The van der Waals surface area contributed by atoms with Crippen LogP contribution in [-0.4, -0.2) is 29.0 Å². The fourth-order valence-corrected chi connectivity index (χ4v) is 2.53. The minimum absolute atomic E-state index is 0.263. The molecule has 2 aromatic carbocycles. The lowest BCUT2D eigenvalue weighted by Crippen LogP contribution is -2.13. The molecule has 0 aliphatic heterocycles. The Balaban J connectivity index is 1.72. The van der Waals surface area contributed by atoms with Crippen LogP contribution < -0.4 is 10.6 Å². The Hall–Kier alpha value is -3.74. The lowest BCUT2D eigenvalue weighted by Gasteiger charge is -2.10. The average molecular weight is 376 g/mol. The second-order valence-corrected chi connectivity index (χ2v) is 6.21. The fraction of sp³-hybridized carbons (Fsp3) is 0.143. The number of ether oxygens (including phenoxy) is 1. The van der Waals surface area contributed by atoms with Gasteiger partial charge in [0.25, 0.3) is 5.91 Å². The van der Waals surface area contributed by atoms with Crippen LogP contribution >= 0.6 is 0 Å². The highest BCUT2D eigenvalue weighted by molar-refractivity contribution is 6.04. The molecule has 0 bridgehead atoms. The SMILES string of the molecule is COC(=O)c1ccccc1Nc1ncc(C(=O)Nc2ccc(C)c(C)c2)cn1. The molecule has 1 amide bonds. The molecule has 7 nitrogen and oxygen atoms in total. The van der Waals surface area contributed by atoms with Crippen molar-refractivity contribution in [1.82, 2.24) is 9.97 Å². The maximum absolute atomic E-state index is 12.4. The van der Waals surface area contributed by atoms with Crippen molar-refractivity contribution in [2.45, 2.75) is 13.8 Å². The van der Waals surface area contributed by atoms with Crippen LogP contribution in [0.5, 0.6) is 0 Å². The molecule has 0 saturated carbocycles. The number of amides is 1. The molecule has 1 heterocycles. The van der Waals surface area contributed by atoms with Crippen LogP contribution in [0.2, 0.25) is 0 Å². The van der Waals surface area contributed by atoms with Crippen LogP contribution in [0.15, 0.2) is 54.9 Å². The van der Waals surface area contributed by atoms with Crippen LogP contribution in [-0.2, 0) is 4.74 Å². The molecule has 2 N–H and O–H groups in total. The van der Waals surface area contributed by atoms with Crippen molar-refractivity contribution < 1.29 is 14.3 Å². The summed E-state index contributed by atoms with van der Waals surface area (Å²) in [6.45, 7) is 4.00. The van der Waals surface area contributed by atoms with Crippen LogP contribution in [0, 0.1) is 13.8 Å². The van der Waals surface area contributed by atoms with Crippen molar-refractivity contribution in [1.29, 1.82) is 0 Å². The first-order chi connectivity index (χ1) is 13.5. The summed E-state index contributed by atoms with van der Waals surface area (Å²) < 4.78 is 4.76. The summed E-state index contributed by atoms with van der Waals surface area (Å²) >= 11 is 0. The van der Waals surface area contributed by atoms with Crippen molar-refractivity contribution >= 4 is 29.2 Å². The van der Waals surface area contributed by atoms with E-state index in [0.29, 0.717) is 22.5 Å². The molecular weight excluding hydrogens is 356 g/mol. The fourth-order valence-electron chi connectivity index (χ4n) is 2.53. The zero-order valence-corrected chi connectivity index (χ0v) is 15.8. The van der Waals surface area contributed by atoms with E-state index in [4.69, 9.17) is 4.74 Å². The maximum Gasteiger partial charge on any atom is 0.339 e. The van der Waals surface area contributed by atoms with Gasteiger partial charge in [-0.25, -0.2) is 14.8 Å². The number of benzene rings is 2. The van der Waals surface area contributed by atoms with Gasteiger partial charge in [-0.05, 0) is 49.2 Å². The Morgan fingerprint density at radius 2 is 1.68 bits per heavy atom.